The van der Waals surface area contributed by atoms with Crippen LogP contribution in [0.1, 0.15) is 36.3 Å². The highest BCUT2D eigenvalue weighted by atomic mass is 16.4. The van der Waals surface area contributed by atoms with Crippen molar-refractivity contribution in [2.45, 2.75) is 26.3 Å². The minimum atomic E-state index is -1.02. The van der Waals surface area contributed by atoms with Crippen molar-refractivity contribution in [1.29, 1.82) is 0 Å². The van der Waals surface area contributed by atoms with E-state index in [0.29, 0.717) is 11.3 Å². The van der Waals surface area contributed by atoms with Gasteiger partial charge in [0, 0.05) is 18.3 Å². The van der Waals surface area contributed by atoms with Crippen molar-refractivity contribution in [2.75, 3.05) is 0 Å². The molecule has 1 amide bonds. The SMILES string of the molecule is CCC(C)NC(=O)c1ccc(C=CC(=O)O)cn1. The van der Waals surface area contributed by atoms with Gasteiger partial charge in [-0.1, -0.05) is 13.0 Å². The molecule has 1 unspecified atom stereocenters. The van der Waals surface area contributed by atoms with Crippen LogP contribution in [-0.2, 0) is 4.79 Å². The summed E-state index contributed by atoms with van der Waals surface area (Å²) in [6.07, 6.45) is 4.76. The second kappa shape index (κ2) is 6.54. The third-order valence-corrected chi connectivity index (χ3v) is 2.43. The minimum Gasteiger partial charge on any atom is -0.478 e. The molecule has 0 aliphatic heterocycles. The van der Waals surface area contributed by atoms with Gasteiger partial charge < -0.3 is 10.4 Å². The lowest BCUT2D eigenvalue weighted by molar-refractivity contribution is -0.131. The number of nitrogens with one attached hydrogen (secondary N) is 1. The van der Waals surface area contributed by atoms with Crippen LogP contribution in [0.3, 0.4) is 0 Å². The second-order valence-corrected chi connectivity index (χ2v) is 3.93. The fourth-order valence-corrected chi connectivity index (χ4v) is 1.21. The molecule has 5 heteroatoms. The molecule has 0 aliphatic rings. The number of hydrogen-bond donors (Lipinski definition) is 2. The van der Waals surface area contributed by atoms with Gasteiger partial charge in [0.05, 0.1) is 0 Å². The second-order valence-electron chi connectivity index (χ2n) is 3.93. The summed E-state index contributed by atoms with van der Waals surface area (Å²) in [5.74, 6) is -1.24. The molecule has 1 heterocycles. The fourth-order valence-electron chi connectivity index (χ4n) is 1.21. The van der Waals surface area contributed by atoms with Gasteiger partial charge in [0.1, 0.15) is 5.69 Å². The summed E-state index contributed by atoms with van der Waals surface area (Å²) in [5, 5.41) is 11.3. The van der Waals surface area contributed by atoms with Crippen LogP contribution >= 0.6 is 0 Å². The number of hydrogen-bond acceptors (Lipinski definition) is 3. The van der Waals surface area contributed by atoms with Crippen LogP contribution < -0.4 is 5.32 Å². The molecule has 1 atom stereocenters. The number of aromatic nitrogens is 1. The molecule has 0 radical (unpaired) electrons. The minimum absolute atomic E-state index is 0.103. The monoisotopic (exact) mass is 248 g/mol. The van der Waals surface area contributed by atoms with Crippen LogP contribution in [0.5, 0.6) is 0 Å². The standard InChI is InChI=1S/C13H16N2O3/c1-3-9(2)15-13(18)11-6-4-10(8-14-11)5-7-12(16)17/h4-9H,3H2,1-2H3,(H,15,18)(H,16,17). The molecule has 2 N–H and O–H groups in total. The zero-order valence-corrected chi connectivity index (χ0v) is 10.4. The van der Waals surface area contributed by atoms with Crippen LogP contribution in [0.4, 0.5) is 0 Å². The van der Waals surface area contributed by atoms with E-state index >= 15 is 0 Å². The van der Waals surface area contributed by atoms with Gasteiger partial charge in [0.25, 0.3) is 5.91 Å². The first-order valence-corrected chi connectivity index (χ1v) is 5.71. The van der Waals surface area contributed by atoms with E-state index in [-0.39, 0.29) is 11.9 Å². The van der Waals surface area contributed by atoms with E-state index in [4.69, 9.17) is 5.11 Å². The number of nitrogens with zero attached hydrogens (tertiary/aromatic N) is 1. The summed E-state index contributed by atoms with van der Waals surface area (Å²) in [7, 11) is 0. The number of aliphatic carboxylic acids is 1. The molecular weight excluding hydrogens is 232 g/mol. The van der Waals surface area contributed by atoms with E-state index in [1.165, 1.54) is 12.3 Å². The normalized spacial score (nSPS) is 12.3. The first-order chi connectivity index (χ1) is 8.52. The molecule has 0 saturated heterocycles. The molecule has 1 aromatic rings. The van der Waals surface area contributed by atoms with Crippen molar-refractivity contribution in [2.24, 2.45) is 0 Å². The number of carboxylic acids is 1. The Morgan fingerprint density at radius 3 is 2.72 bits per heavy atom. The molecule has 0 aliphatic carbocycles. The van der Waals surface area contributed by atoms with Gasteiger partial charge in [-0.25, -0.2) is 4.79 Å². The van der Waals surface area contributed by atoms with Gasteiger partial charge in [-0.3, -0.25) is 9.78 Å². The summed E-state index contributed by atoms with van der Waals surface area (Å²) in [6.45, 7) is 3.90. The van der Waals surface area contributed by atoms with Crippen molar-refractivity contribution in [1.82, 2.24) is 10.3 Å². The third kappa shape index (κ3) is 4.37. The lowest BCUT2D eigenvalue weighted by atomic mass is 10.2. The van der Waals surface area contributed by atoms with Crippen LogP contribution in [0.25, 0.3) is 6.08 Å². The molecule has 0 fully saturated rings. The first kappa shape index (κ1) is 13.9. The number of carbonyl (C=O) groups is 2. The number of pyridine rings is 1. The molecule has 0 bridgehead atoms. The summed E-state index contributed by atoms with van der Waals surface area (Å²) in [5.41, 5.74) is 0.959. The van der Waals surface area contributed by atoms with Gasteiger partial charge in [-0.2, -0.15) is 0 Å². The third-order valence-electron chi connectivity index (χ3n) is 2.43. The molecule has 0 spiro atoms. The van der Waals surface area contributed by atoms with Gasteiger partial charge in [-0.15, -0.1) is 0 Å². The molecule has 1 aromatic heterocycles. The Morgan fingerprint density at radius 1 is 1.50 bits per heavy atom. The zero-order chi connectivity index (χ0) is 13.5. The Balaban J connectivity index is 2.70. The van der Waals surface area contributed by atoms with E-state index in [2.05, 4.69) is 10.3 Å². The van der Waals surface area contributed by atoms with E-state index in [9.17, 15) is 9.59 Å². The predicted octanol–water partition coefficient (Wildman–Crippen LogP) is 1.71. The smallest absolute Gasteiger partial charge is 0.328 e. The average Bonchev–Trinajstić information content (AvgIpc) is 2.36. The average molecular weight is 248 g/mol. The highest BCUT2D eigenvalue weighted by molar-refractivity contribution is 5.92. The fraction of sp³-hybridized carbons (Fsp3) is 0.308. The number of carbonyl (C=O) groups excluding carboxylic acids is 1. The van der Waals surface area contributed by atoms with E-state index in [1.807, 2.05) is 13.8 Å². The summed E-state index contributed by atoms with van der Waals surface area (Å²) in [6, 6.07) is 3.32. The summed E-state index contributed by atoms with van der Waals surface area (Å²) in [4.78, 5) is 26.0. The maximum Gasteiger partial charge on any atom is 0.328 e. The van der Waals surface area contributed by atoms with Crippen LogP contribution in [0.15, 0.2) is 24.4 Å². The van der Waals surface area contributed by atoms with Gasteiger partial charge in [0.15, 0.2) is 0 Å². The number of carboxylic acid groups (broad SMARTS) is 1. The number of rotatable bonds is 5. The lowest BCUT2D eigenvalue weighted by Crippen LogP contribution is -2.32. The van der Waals surface area contributed by atoms with Gasteiger partial charge >= 0.3 is 5.97 Å². The van der Waals surface area contributed by atoms with E-state index in [1.54, 1.807) is 12.1 Å². The van der Waals surface area contributed by atoms with Crippen molar-refractivity contribution in [3.63, 3.8) is 0 Å². The van der Waals surface area contributed by atoms with Crippen LogP contribution in [0.2, 0.25) is 0 Å². The van der Waals surface area contributed by atoms with Gasteiger partial charge in [-0.05, 0) is 31.1 Å². The topological polar surface area (TPSA) is 79.3 Å². The Kier molecular flexibility index (Phi) is 5.05. The largest absolute Gasteiger partial charge is 0.478 e. The maximum absolute atomic E-state index is 11.7. The molecule has 0 aromatic carbocycles. The number of amides is 1. The molecular formula is C13H16N2O3. The summed E-state index contributed by atoms with van der Waals surface area (Å²) >= 11 is 0. The predicted molar refractivity (Wildman–Crippen MR) is 68.1 cm³/mol. The Morgan fingerprint density at radius 2 is 2.22 bits per heavy atom. The quantitative estimate of drug-likeness (QED) is 0.777. The van der Waals surface area contributed by atoms with Crippen molar-refractivity contribution >= 4 is 18.0 Å². The Hall–Kier alpha value is -2.17. The molecule has 0 saturated carbocycles. The van der Waals surface area contributed by atoms with Crippen LogP contribution in [-0.4, -0.2) is 28.0 Å². The Labute approximate surface area is 106 Å². The molecule has 5 nitrogen and oxygen atoms in total. The Bertz CT molecular complexity index is 452. The van der Waals surface area contributed by atoms with Crippen molar-refractivity contribution in [3.05, 3.63) is 35.7 Å². The van der Waals surface area contributed by atoms with E-state index < -0.39 is 5.97 Å². The molecule has 18 heavy (non-hydrogen) atoms. The van der Waals surface area contributed by atoms with Gasteiger partial charge in [0.2, 0.25) is 0 Å². The van der Waals surface area contributed by atoms with E-state index in [0.717, 1.165) is 12.5 Å². The van der Waals surface area contributed by atoms with Crippen molar-refractivity contribution in [3.8, 4) is 0 Å². The molecule has 1 rings (SSSR count). The highest BCUT2D eigenvalue weighted by Gasteiger charge is 2.09. The maximum atomic E-state index is 11.7. The molecule has 96 valence electrons. The summed E-state index contributed by atoms with van der Waals surface area (Å²) < 4.78 is 0. The lowest BCUT2D eigenvalue weighted by Gasteiger charge is -2.10. The highest BCUT2D eigenvalue weighted by Crippen LogP contribution is 2.03. The zero-order valence-electron chi connectivity index (χ0n) is 10.4. The first-order valence-electron chi connectivity index (χ1n) is 5.71. The van der Waals surface area contributed by atoms with Crippen molar-refractivity contribution < 1.29 is 14.7 Å². The van der Waals surface area contributed by atoms with Crippen LogP contribution in [0, 0.1) is 0 Å².